The quantitative estimate of drug-likeness (QED) is 0.805. The lowest BCUT2D eigenvalue weighted by molar-refractivity contribution is -0.137. The Morgan fingerprint density at radius 2 is 2.04 bits per heavy atom. The molecule has 0 bridgehead atoms. The third-order valence-corrected chi connectivity index (χ3v) is 5.09. The molecule has 1 unspecified atom stereocenters. The summed E-state index contributed by atoms with van der Waals surface area (Å²) < 4.78 is 38.9. The van der Waals surface area contributed by atoms with E-state index in [9.17, 15) is 13.2 Å². The van der Waals surface area contributed by atoms with E-state index in [2.05, 4.69) is 15.0 Å². The monoisotopic (exact) mass is 375 g/mol. The summed E-state index contributed by atoms with van der Waals surface area (Å²) in [6.07, 6.45) is -0.267. The van der Waals surface area contributed by atoms with E-state index in [0.29, 0.717) is 24.2 Å². The first kappa shape index (κ1) is 18.0. The van der Waals surface area contributed by atoms with Gasteiger partial charge in [0.05, 0.1) is 17.0 Å². The van der Waals surface area contributed by atoms with E-state index < -0.39 is 17.3 Å². The maximum atomic E-state index is 13.0. The minimum Gasteiger partial charge on any atom is -0.387 e. The van der Waals surface area contributed by atoms with Crippen LogP contribution < -0.4 is 0 Å². The van der Waals surface area contributed by atoms with E-state index in [4.69, 9.17) is 4.84 Å². The Kier molecular flexibility index (Phi) is 4.63. The topological polar surface area (TPSA) is 37.7 Å². The molecule has 0 N–H and O–H groups in total. The van der Waals surface area contributed by atoms with Crippen molar-refractivity contribution in [2.24, 2.45) is 5.16 Å². The molecule has 1 aromatic carbocycles. The SMILES string of the molecule is FC(F)(F)c1cccc(C2=NOC3(CCCN(Cc4ccccn4)C3)C2)c1. The molecule has 1 fully saturated rings. The van der Waals surface area contributed by atoms with Crippen LogP contribution in [0.15, 0.2) is 53.8 Å². The number of alkyl halides is 3. The van der Waals surface area contributed by atoms with Crippen molar-refractivity contribution < 1.29 is 18.0 Å². The van der Waals surface area contributed by atoms with Crippen LogP contribution >= 0.6 is 0 Å². The summed E-state index contributed by atoms with van der Waals surface area (Å²) in [6, 6.07) is 11.1. The van der Waals surface area contributed by atoms with E-state index in [1.807, 2.05) is 18.2 Å². The molecular weight excluding hydrogens is 355 g/mol. The van der Waals surface area contributed by atoms with Crippen LogP contribution in [0.5, 0.6) is 0 Å². The molecule has 1 saturated heterocycles. The Hall–Kier alpha value is -2.41. The van der Waals surface area contributed by atoms with Crippen LogP contribution in [-0.4, -0.2) is 34.3 Å². The van der Waals surface area contributed by atoms with Gasteiger partial charge in [0, 0.05) is 31.3 Å². The average Bonchev–Trinajstić information content (AvgIpc) is 3.05. The number of hydrogen-bond acceptors (Lipinski definition) is 4. The van der Waals surface area contributed by atoms with E-state index in [-0.39, 0.29) is 0 Å². The number of pyridine rings is 1. The highest BCUT2D eigenvalue weighted by Gasteiger charge is 2.43. The smallest absolute Gasteiger partial charge is 0.387 e. The minimum atomic E-state index is -4.36. The number of benzene rings is 1. The van der Waals surface area contributed by atoms with Gasteiger partial charge in [-0.15, -0.1) is 0 Å². The fraction of sp³-hybridized carbons (Fsp3) is 0.400. The van der Waals surface area contributed by atoms with Gasteiger partial charge < -0.3 is 4.84 Å². The van der Waals surface area contributed by atoms with Crippen molar-refractivity contribution in [2.75, 3.05) is 13.1 Å². The van der Waals surface area contributed by atoms with Crippen molar-refractivity contribution in [3.8, 4) is 0 Å². The second-order valence-electron chi connectivity index (χ2n) is 7.20. The Labute approximate surface area is 155 Å². The van der Waals surface area contributed by atoms with Gasteiger partial charge in [0.1, 0.15) is 0 Å². The Balaban J connectivity index is 1.46. The summed E-state index contributed by atoms with van der Waals surface area (Å²) in [5, 5.41) is 4.15. The third-order valence-electron chi connectivity index (χ3n) is 5.09. The molecule has 4 nitrogen and oxygen atoms in total. The van der Waals surface area contributed by atoms with Crippen molar-refractivity contribution in [3.63, 3.8) is 0 Å². The second-order valence-corrected chi connectivity index (χ2v) is 7.20. The summed E-state index contributed by atoms with van der Waals surface area (Å²) in [5.74, 6) is 0. The highest BCUT2D eigenvalue weighted by atomic mass is 19.4. The molecule has 0 amide bonds. The van der Waals surface area contributed by atoms with E-state index >= 15 is 0 Å². The normalized spacial score (nSPS) is 23.3. The van der Waals surface area contributed by atoms with Gasteiger partial charge in [0.2, 0.25) is 0 Å². The largest absolute Gasteiger partial charge is 0.416 e. The number of piperidine rings is 1. The highest BCUT2D eigenvalue weighted by Crippen LogP contribution is 2.36. The lowest BCUT2D eigenvalue weighted by Gasteiger charge is -2.38. The van der Waals surface area contributed by atoms with Crippen LogP contribution in [0.3, 0.4) is 0 Å². The maximum Gasteiger partial charge on any atom is 0.416 e. The number of rotatable bonds is 3. The van der Waals surface area contributed by atoms with Crippen LogP contribution in [-0.2, 0) is 17.6 Å². The lowest BCUT2D eigenvalue weighted by atomic mass is 9.86. The lowest BCUT2D eigenvalue weighted by Crippen LogP contribution is -2.48. The van der Waals surface area contributed by atoms with Gasteiger partial charge in [-0.3, -0.25) is 9.88 Å². The molecule has 1 aromatic heterocycles. The molecule has 7 heteroatoms. The van der Waals surface area contributed by atoms with Crippen molar-refractivity contribution in [2.45, 2.75) is 37.6 Å². The molecule has 2 aromatic rings. The Morgan fingerprint density at radius 3 is 2.81 bits per heavy atom. The summed E-state index contributed by atoms with van der Waals surface area (Å²) in [4.78, 5) is 12.4. The fourth-order valence-electron chi connectivity index (χ4n) is 3.82. The molecule has 4 rings (SSSR count). The first-order chi connectivity index (χ1) is 12.9. The third kappa shape index (κ3) is 3.98. The van der Waals surface area contributed by atoms with Gasteiger partial charge in [0.25, 0.3) is 0 Å². The Morgan fingerprint density at radius 1 is 1.15 bits per heavy atom. The van der Waals surface area contributed by atoms with Crippen LogP contribution in [0.25, 0.3) is 0 Å². The molecule has 2 aliphatic heterocycles. The molecule has 2 aliphatic rings. The molecule has 142 valence electrons. The summed E-state index contributed by atoms with van der Waals surface area (Å²) >= 11 is 0. The highest BCUT2D eigenvalue weighted by molar-refractivity contribution is 6.01. The van der Waals surface area contributed by atoms with Gasteiger partial charge in [-0.05, 0) is 43.7 Å². The van der Waals surface area contributed by atoms with Crippen molar-refractivity contribution in [3.05, 3.63) is 65.5 Å². The van der Waals surface area contributed by atoms with Gasteiger partial charge >= 0.3 is 6.18 Å². The zero-order chi connectivity index (χ0) is 18.9. The average molecular weight is 375 g/mol. The van der Waals surface area contributed by atoms with Crippen molar-refractivity contribution >= 4 is 5.71 Å². The van der Waals surface area contributed by atoms with Crippen LogP contribution in [0.1, 0.15) is 36.1 Å². The number of halogens is 3. The second kappa shape index (κ2) is 6.96. The zero-order valence-corrected chi connectivity index (χ0v) is 14.7. The number of likely N-dealkylation sites (tertiary alicyclic amines) is 1. The van der Waals surface area contributed by atoms with Gasteiger partial charge in [-0.2, -0.15) is 13.2 Å². The Bertz CT molecular complexity index is 838. The summed E-state index contributed by atoms with van der Waals surface area (Å²) in [7, 11) is 0. The number of oxime groups is 1. The zero-order valence-electron chi connectivity index (χ0n) is 14.7. The molecule has 0 aliphatic carbocycles. The van der Waals surface area contributed by atoms with Gasteiger partial charge in [0.15, 0.2) is 5.60 Å². The first-order valence-corrected chi connectivity index (χ1v) is 8.99. The molecule has 0 saturated carbocycles. The first-order valence-electron chi connectivity index (χ1n) is 8.99. The van der Waals surface area contributed by atoms with Crippen LogP contribution in [0.4, 0.5) is 13.2 Å². The summed E-state index contributed by atoms with van der Waals surface area (Å²) in [6.45, 7) is 2.36. The van der Waals surface area contributed by atoms with Gasteiger partial charge in [-0.25, -0.2) is 0 Å². The van der Waals surface area contributed by atoms with E-state index in [0.717, 1.165) is 43.8 Å². The molecule has 0 radical (unpaired) electrons. The fourth-order valence-corrected chi connectivity index (χ4v) is 3.82. The van der Waals surface area contributed by atoms with Gasteiger partial charge in [-0.1, -0.05) is 23.4 Å². The van der Waals surface area contributed by atoms with Crippen molar-refractivity contribution in [1.82, 2.24) is 9.88 Å². The number of nitrogens with zero attached hydrogens (tertiary/aromatic N) is 3. The molecule has 3 heterocycles. The van der Waals surface area contributed by atoms with Crippen molar-refractivity contribution in [1.29, 1.82) is 0 Å². The van der Waals surface area contributed by atoms with Crippen LogP contribution in [0.2, 0.25) is 0 Å². The summed E-state index contributed by atoms with van der Waals surface area (Å²) in [5.41, 5.74) is 0.927. The molecular formula is C20H20F3N3O. The predicted octanol–water partition coefficient (Wildman–Crippen LogP) is 4.26. The molecule has 1 atom stereocenters. The standard InChI is InChI=1S/C20H20F3N3O/c21-20(22,23)16-6-3-5-15(11-16)18-12-19(27-25-18)8-4-10-26(14-19)13-17-7-1-2-9-24-17/h1-3,5-7,9,11H,4,8,10,12-14H2. The maximum absolute atomic E-state index is 13.0. The molecule has 27 heavy (non-hydrogen) atoms. The minimum absolute atomic E-state index is 0.462. The van der Waals surface area contributed by atoms with Crippen LogP contribution in [0, 0.1) is 0 Å². The van der Waals surface area contributed by atoms with E-state index in [1.165, 1.54) is 6.07 Å². The number of hydrogen-bond donors (Lipinski definition) is 0. The van der Waals surface area contributed by atoms with E-state index in [1.54, 1.807) is 12.3 Å². The molecule has 1 spiro atoms. The number of aromatic nitrogens is 1. The predicted molar refractivity (Wildman–Crippen MR) is 95.2 cm³/mol.